The third-order valence-electron chi connectivity index (χ3n) is 6.02. The van der Waals surface area contributed by atoms with Gasteiger partial charge in [-0.25, -0.2) is 0 Å². The maximum absolute atomic E-state index is 12.2. The van der Waals surface area contributed by atoms with Crippen LogP contribution in [-0.2, 0) is 25.0 Å². The monoisotopic (exact) mass is 651 g/mol. The summed E-state index contributed by atoms with van der Waals surface area (Å²) in [6.45, 7) is 0. The van der Waals surface area contributed by atoms with Crippen LogP contribution in [0.4, 0.5) is 17.1 Å². The lowest BCUT2D eigenvalue weighted by molar-refractivity contribution is -0.388. The third kappa shape index (κ3) is 5.71. The zero-order chi connectivity index (χ0) is 32.7. The van der Waals surface area contributed by atoms with Gasteiger partial charge in [0, 0.05) is 27.9 Å². The average Bonchev–Trinajstić information content (AvgIpc) is 3.44. The Morgan fingerprint density at radius 3 is 1.77 bits per heavy atom. The summed E-state index contributed by atoms with van der Waals surface area (Å²) < 4.78 is 78.8. The van der Waals surface area contributed by atoms with Gasteiger partial charge in [-0.05, 0) is 35.0 Å². The molecule has 0 radical (unpaired) electrons. The predicted octanol–water partition coefficient (Wildman–Crippen LogP) is 1.62. The van der Waals surface area contributed by atoms with E-state index in [9.17, 15) is 51.0 Å². The fraction of sp³-hybridized carbons (Fsp3) is 0.0909. The average molecular weight is 652 g/mol. The quantitative estimate of drug-likeness (QED) is 0.0721. The molecule has 0 saturated heterocycles. The van der Waals surface area contributed by atoms with Crippen LogP contribution in [0, 0.1) is 20.2 Å². The van der Waals surface area contributed by atoms with Gasteiger partial charge < -0.3 is 15.2 Å². The topological polar surface area (TPSA) is 300 Å². The van der Waals surface area contributed by atoms with Crippen molar-refractivity contribution in [1.82, 2.24) is 20.2 Å². The van der Waals surface area contributed by atoms with E-state index in [4.69, 9.17) is 15.2 Å². The van der Waals surface area contributed by atoms with Crippen LogP contribution in [0.2, 0.25) is 0 Å². The number of nitrogens with zero attached hydrogens (tertiary/aromatic N) is 6. The van der Waals surface area contributed by atoms with Gasteiger partial charge >= 0.3 is 20.2 Å². The van der Waals surface area contributed by atoms with Gasteiger partial charge in [0.2, 0.25) is 5.82 Å². The number of nitrogen functional groups attached to an aromatic ring is 1. The molecule has 0 atom stereocenters. The Morgan fingerprint density at radius 1 is 0.841 bits per heavy atom. The van der Waals surface area contributed by atoms with Gasteiger partial charge in [0.1, 0.15) is 11.5 Å². The fourth-order valence-corrected chi connectivity index (χ4v) is 5.56. The number of carbonyl (C=O) groups excluding carboxylic acids is 1. The Morgan fingerprint density at radius 2 is 1.34 bits per heavy atom. The van der Waals surface area contributed by atoms with Gasteiger partial charge in [0.25, 0.3) is 17.8 Å². The smallest absolute Gasteiger partial charge is 0.301 e. The van der Waals surface area contributed by atoms with Crippen LogP contribution in [0.15, 0.2) is 46.2 Å². The Balaban J connectivity index is 2.25. The van der Waals surface area contributed by atoms with Gasteiger partial charge in [0.15, 0.2) is 9.79 Å². The Labute approximate surface area is 245 Å². The Hall–Kier alpha value is -5.58. The molecule has 0 aliphatic heterocycles. The Bertz CT molecular complexity index is 2100. The van der Waals surface area contributed by atoms with Crippen molar-refractivity contribution < 1.29 is 50.1 Å². The molecule has 0 amide bonds. The van der Waals surface area contributed by atoms with E-state index in [2.05, 4.69) is 15.4 Å². The molecule has 4 aromatic rings. The van der Waals surface area contributed by atoms with Crippen molar-refractivity contribution in [2.45, 2.75) is 9.79 Å². The minimum absolute atomic E-state index is 0.0130. The van der Waals surface area contributed by atoms with E-state index in [1.54, 1.807) is 0 Å². The summed E-state index contributed by atoms with van der Waals surface area (Å²) in [5, 5.41) is 34.3. The molecule has 0 aliphatic rings. The normalized spacial score (nSPS) is 11.6. The number of ether oxygens (including phenoxy) is 2. The lowest BCUT2D eigenvalue weighted by atomic mass is 9.89. The summed E-state index contributed by atoms with van der Waals surface area (Å²) in [4.78, 5) is 30.4. The highest BCUT2D eigenvalue weighted by Crippen LogP contribution is 2.49. The zero-order valence-corrected chi connectivity index (χ0v) is 23.6. The number of tetrazole rings is 1. The SMILES string of the molecule is COc1cc([N+](=O)[O-])c(S(=O)(=O)O)cc1-c1cc(-c2nnn(C=O)n2)cc(N)c1-c1cc(S(=O)(=O)O)c([N+](=O)[O-])cc1OC. The number of nitro benzene ring substituents is 2. The molecule has 0 spiro atoms. The Kier molecular flexibility index (Phi) is 8.02. The van der Waals surface area contributed by atoms with Crippen molar-refractivity contribution in [3.63, 3.8) is 0 Å². The number of rotatable bonds is 10. The van der Waals surface area contributed by atoms with E-state index < -0.39 is 51.2 Å². The molecule has 0 bridgehead atoms. The van der Waals surface area contributed by atoms with E-state index in [-0.39, 0.29) is 57.2 Å². The van der Waals surface area contributed by atoms with Gasteiger partial charge in [-0.2, -0.15) is 16.8 Å². The highest BCUT2D eigenvalue weighted by molar-refractivity contribution is 7.86. The van der Waals surface area contributed by atoms with Gasteiger partial charge in [0.05, 0.1) is 36.2 Å². The highest BCUT2D eigenvalue weighted by Gasteiger charge is 2.32. The second-order valence-corrected chi connectivity index (χ2v) is 11.3. The maximum atomic E-state index is 12.2. The van der Waals surface area contributed by atoms with Crippen LogP contribution in [-0.4, -0.2) is 76.6 Å². The van der Waals surface area contributed by atoms with Crippen LogP contribution >= 0.6 is 0 Å². The lowest BCUT2D eigenvalue weighted by Crippen LogP contribution is -2.07. The second-order valence-electron chi connectivity index (χ2n) is 8.53. The fourth-order valence-electron chi connectivity index (χ4n) is 4.23. The number of carbonyl (C=O) groups is 1. The van der Waals surface area contributed by atoms with E-state index in [1.807, 2.05) is 0 Å². The summed E-state index contributed by atoms with van der Waals surface area (Å²) in [5.41, 5.74) is 2.94. The standard InChI is InChI=1S/C22H17N7O13S2/c1-41-17-7-15(28(31)32)19(43(35,36)37)5-11(17)12-3-10(22-24-26-27(9-30)25-22)4-14(23)21(12)13-6-20(44(38,39)40)16(29(33)34)8-18(13)42-2/h3-9H,23H2,1-2H3,(H,35,36,37)(H,38,39,40). The number of hydrogen-bond donors (Lipinski definition) is 3. The number of anilines is 1. The predicted molar refractivity (Wildman–Crippen MR) is 147 cm³/mol. The summed E-state index contributed by atoms with van der Waals surface area (Å²) in [6, 6.07) is 5.13. The zero-order valence-electron chi connectivity index (χ0n) is 22.0. The molecular weight excluding hydrogens is 634 g/mol. The molecule has 1 aromatic heterocycles. The van der Waals surface area contributed by atoms with Crippen LogP contribution in [0.1, 0.15) is 0 Å². The molecule has 1 heterocycles. The third-order valence-corrected chi connectivity index (χ3v) is 7.79. The van der Waals surface area contributed by atoms with Crippen molar-refractivity contribution >= 4 is 43.7 Å². The van der Waals surface area contributed by atoms with E-state index in [0.29, 0.717) is 29.1 Å². The molecule has 4 rings (SSSR count). The lowest BCUT2D eigenvalue weighted by Gasteiger charge is -2.19. The minimum Gasteiger partial charge on any atom is -0.496 e. The largest absolute Gasteiger partial charge is 0.496 e. The van der Waals surface area contributed by atoms with Crippen molar-refractivity contribution in [3.05, 3.63) is 56.6 Å². The van der Waals surface area contributed by atoms with E-state index in [0.717, 1.165) is 14.2 Å². The molecule has 4 N–H and O–H groups in total. The van der Waals surface area contributed by atoms with Gasteiger partial charge in [-0.1, -0.05) is 4.80 Å². The summed E-state index contributed by atoms with van der Waals surface area (Å²) in [6.07, 6.45) is 0.214. The molecular formula is C22H17N7O13S2. The first kappa shape index (κ1) is 31.4. The summed E-state index contributed by atoms with van der Waals surface area (Å²) in [5.74, 6) is -0.922. The number of methoxy groups -OCH3 is 2. The molecule has 230 valence electrons. The van der Waals surface area contributed by atoms with E-state index >= 15 is 0 Å². The molecule has 0 aliphatic carbocycles. The summed E-state index contributed by atoms with van der Waals surface area (Å²) >= 11 is 0. The summed E-state index contributed by atoms with van der Waals surface area (Å²) in [7, 11) is -8.35. The van der Waals surface area contributed by atoms with Crippen molar-refractivity contribution in [2.75, 3.05) is 20.0 Å². The molecule has 0 fully saturated rings. The van der Waals surface area contributed by atoms with Crippen LogP contribution in [0.25, 0.3) is 33.6 Å². The molecule has 3 aromatic carbocycles. The number of nitrogens with two attached hydrogens (primary N) is 1. The van der Waals surface area contributed by atoms with Crippen LogP contribution in [0.5, 0.6) is 11.5 Å². The minimum atomic E-state index is -5.26. The number of hydrogen-bond acceptors (Lipinski definition) is 15. The van der Waals surface area contributed by atoms with Gasteiger partial charge in [-0.15, -0.1) is 10.2 Å². The second kappa shape index (κ2) is 11.3. The number of nitro groups is 2. The number of benzene rings is 3. The number of aromatic nitrogens is 4. The first-order valence-electron chi connectivity index (χ1n) is 11.4. The van der Waals surface area contributed by atoms with E-state index in [1.165, 1.54) is 12.1 Å². The maximum Gasteiger partial charge on any atom is 0.301 e. The molecule has 44 heavy (non-hydrogen) atoms. The highest BCUT2D eigenvalue weighted by atomic mass is 32.2. The molecule has 0 unspecified atom stereocenters. The van der Waals surface area contributed by atoms with Crippen molar-refractivity contribution in [3.8, 4) is 45.1 Å². The molecule has 0 saturated carbocycles. The van der Waals surface area contributed by atoms with Crippen molar-refractivity contribution in [2.24, 2.45) is 0 Å². The van der Waals surface area contributed by atoms with Crippen LogP contribution < -0.4 is 15.2 Å². The molecule has 22 heteroatoms. The first-order chi connectivity index (χ1) is 20.5. The first-order valence-corrected chi connectivity index (χ1v) is 14.3. The van der Waals surface area contributed by atoms with Gasteiger partial charge in [-0.3, -0.25) is 34.1 Å². The van der Waals surface area contributed by atoms with Crippen LogP contribution in [0.3, 0.4) is 0 Å². The van der Waals surface area contributed by atoms with Crippen molar-refractivity contribution in [1.29, 1.82) is 0 Å². The molecule has 20 nitrogen and oxygen atoms in total.